The van der Waals surface area contributed by atoms with Crippen LogP contribution in [0.1, 0.15) is 27.6 Å². The van der Waals surface area contributed by atoms with Gasteiger partial charge in [-0.2, -0.15) is 0 Å². The molecule has 0 unspecified atom stereocenters. The second-order valence-corrected chi connectivity index (χ2v) is 9.68. The average Bonchev–Trinajstić information content (AvgIpc) is 3.16. The first-order chi connectivity index (χ1) is 8.88. The molecule has 0 aromatic carbocycles. The van der Waals surface area contributed by atoms with E-state index in [1.54, 1.807) is 15.6 Å². The van der Waals surface area contributed by atoms with E-state index in [1.807, 2.05) is 0 Å². The van der Waals surface area contributed by atoms with Crippen LogP contribution >= 0.6 is 0 Å². The molecule has 19 heavy (non-hydrogen) atoms. The summed E-state index contributed by atoms with van der Waals surface area (Å²) in [5.41, 5.74) is 0. The Morgan fingerprint density at radius 2 is 1.21 bits per heavy atom. The van der Waals surface area contributed by atoms with Crippen LogP contribution in [0.4, 0.5) is 0 Å². The van der Waals surface area contributed by atoms with Gasteiger partial charge in [-0.05, 0) is 25.3 Å². The maximum Gasteiger partial charge on any atom is 1.00 e. The van der Waals surface area contributed by atoms with Crippen LogP contribution in [0.3, 0.4) is 0 Å². The van der Waals surface area contributed by atoms with Crippen LogP contribution in [0, 0.1) is 0 Å². The van der Waals surface area contributed by atoms with E-state index < -0.39 is 8.07 Å². The van der Waals surface area contributed by atoms with Crippen LogP contribution in [0.2, 0.25) is 6.04 Å². The van der Waals surface area contributed by atoms with E-state index in [0.29, 0.717) is 0 Å². The van der Waals surface area contributed by atoms with Gasteiger partial charge in [-0.3, -0.25) is 0 Å². The molecule has 0 radical (unpaired) electrons. The molecule has 0 bridgehead atoms. The summed E-state index contributed by atoms with van der Waals surface area (Å²) in [5, 5.41) is 5.15. The van der Waals surface area contributed by atoms with Crippen LogP contribution in [0.25, 0.3) is 0 Å². The molecule has 0 nitrogen and oxygen atoms in total. The van der Waals surface area contributed by atoms with E-state index in [9.17, 15) is 0 Å². The molecule has 3 aliphatic carbocycles. The van der Waals surface area contributed by atoms with Gasteiger partial charge in [0, 0.05) is 0 Å². The van der Waals surface area contributed by atoms with E-state index in [-0.39, 0.29) is 20.3 Å². The molecule has 0 fully saturated rings. The monoisotopic (exact) mass is 260 g/mol. The fourth-order valence-electron chi connectivity index (χ4n) is 3.59. The van der Waals surface area contributed by atoms with Crippen LogP contribution < -0.4 is 18.9 Å². The topological polar surface area (TPSA) is 0 Å². The van der Waals surface area contributed by atoms with Crippen LogP contribution in [-0.2, 0) is 0 Å². The first-order valence-corrected chi connectivity index (χ1v) is 9.17. The van der Waals surface area contributed by atoms with Crippen LogP contribution in [-0.4, -0.2) is 8.07 Å². The largest absolute Gasteiger partial charge is 1.00 e. The molecule has 3 aliphatic rings. The second-order valence-electron chi connectivity index (χ2n) is 5.23. The Hall–Kier alpha value is -0.746. The van der Waals surface area contributed by atoms with Gasteiger partial charge in [0.05, 0.1) is 0 Å². The Morgan fingerprint density at radius 3 is 1.42 bits per heavy atom. The quantitative estimate of drug-likeness (QED) is 0.677. The van der Waals surface area contributed by atoms with Crippen LogP contribution in [0.15, 0.2) is 70.3 Å². The first kappa shape index (κ1) is 14.7. The average molecular weight is 260 g/mol. The summed E-state index contributed by atoms with van der Waals surface area (Å²) in [6, 6.07) is 1.31. The van der Waals surface area contributed by atoms with Crippen molar-refractivity contribution in [3.8, 4) is 0 Å². The Morgan fingerprint density at radius 1 is 0.842 bits per heavy atom. The first-order valence-electron chi connectivity index (χ1n) is 6.96. The van der Waals surface area contributed by atoms with Crippen molar-refractivity contribution in [3.63, 3.8) is 0 Å². The molecule has 0 aromatic rings. The molecule has 0 spiro atoms. The molecule has 94 valence electrons. The van der Waals surface area contributed by atoms with E-state index in [2.05, 4.69) is 61.6 Å². The van der Waals surface area contributed by atoms with Gasteiger partial charge in [-0.1, -0.05) is 77.2 Å². The molecule has 0 heterocycles. The minimum Gasteiger partial charge on any atom is -1.00 e. The molecule has 0 saturated heterocycles. The SMILES string of the molecule is CC[Si](C1=CC=CC1)(C1=CC=CC1)C1=CC=CC1.[H-].[Li+]. The van der Waals surface area contributed by atoms with Crippen molar-refractivity contribution in [2.45, 2.75) is 32.2 Å². The summed E-state index contributed by atoms with van der Waals surface area (Å²) < 4.78 is 0. The Labute approximate surface area is 131 Å². The van der Waals surface area contributed by atoms with E-state index in [1.165, 1.54) is 25.3 Å². The molecular weight excluding hydrogens is 239 g/mol. The number of hydrogen-bond acceptors (Lipinski definition) is 0. The molecule has 2 heteroatoms. The molecular formula is C17H21LiSi. The minimum atomic E-state index is -1.57. The van der Waals surface area contributed by atoms with Crippen molar-refractivity contribution in [2.24, 2.45) is 0 Å². The predicted octanol–water partition coefficient (Wildman–Crippen LogP) is 1.85. The van der Waals surface area contributed by atoms with Crippen molar-refractivity contribution >= 4 is 8.07 Å². The number of rotatable bonds is 4. The fraction of sp³-hybridized carbons (Fsp3) is 0.294. The maximum absolute atomic E-state index is 2.40. The smallest absolute Gasteiger partial charge is 1.00 e. The summed E-state index contributed by atoms with van der Waals surface area (Å²) in [4.78, 5) is 0. The van der Waals surface area contributed by atoms with Crippen molar-refractivity contribution in [1.29, 1.82) is 0 Å². The zero-order valence-electron chi connectivity index (χ0n) is 13.0. The molecule has 0 amide bonds. The van der Waals surface area contributed by atoms with Gasteiger partial charge in [0.1, 0.15) is 8.07 Å². The van der Waals surface area contributed by atoms with Crippen LogP contribution in [0.5, 0.6) is 0 Å². The summed E-state index contributed by atoms with van der Waals surface area (Å²) in [6.45, 7) is 2.39. The molecule has 0 aliphatic heterocycles. The number of allylic oxidation sites excluding steroid dienone is 12. The fourth-order valence-corrected chi connectivity index (χ4v) is 8.73. The van der Waals surface area contributed by atoms with E-state index in [0.717, 1.165) is 0 Å². The zero-order valence-corrected chi connectivity index (χ0v) is 13.0. The van der Waals surface area contributed by atoms with Gasteiger partial charge in [0.25, 0.3) is 0 Å². The second kappa shape index (κ2) is 6.14. The van der Waals surface area contributed by atoms with Crippen molar-refractivity contribution in [1.82, 2.24) is 0 Å². The summed E-state index contributed by atoms with van der Waals surface area (Å²) in [6.07, 6.45) is 24.4. The molecule has 0 saturated carbocycles. The summed E-state index contributed by atoms with van der Waals surface area (Å²) in [5.74, 6) is 0. The molecule has 0 N–H and O–H groups in total. The van der Waals surface area contributed by atoms with Gasteiger partial charge < -0.3 is 1.43 Å². The molecule has 3 rings (SSSR count). The predicted molar refractivity (Wildman–Crippen MR) is 82.9 cm³/mol. The van der Waals surface area contributed by atoms with Gasteiger partial charge in [-0.15, -0.1) is 0 Å². The minimum absolute atomic E-state index is 0. The Balaban J connectivity index is 0.000001000. The normalized spacial score (nSPS) is 20.4. The van der Waals surface area contributed by atoms with E-state index in [4.69, 9.17) is 0 Å². The van der Waals surface area contributed by atoms with Crippen molar-refractivity contribution < 1.29 is 20.3 Å². The number of hydrogen-bond donors (Lipinski definition) is 0. The summed E-state index contributed by atoms with van der Waals surface area (Å²) >= 11 is 0. The Kier molecular flexibility index (Phi) is 4.73. The third-order valence-electron chi connectivity index (χ3n) is 4.49. The Bertz CT molecular complexity index is 461. The van der Waals surface area contributed by atoms with Gasteiger partial charge in [-0.25, -0.2) is 0 Å². The molecule has 0 atom stereocenters. The molecule has 0 aromatic heterocycles. The van der Waals surface area contributed by atoms with Crippen molar-refractivity contribution in [2.75, 3.05) is 0 Å². The summed E-state index contributed by atoms with van der Waals surface area (Å²) in [7, 11) is -1.57. The van der Waals surface area contributed by atoms with E-state index >= 15 is 0 Å². The maximum atomic E-state index is 2.40. The van der Waals surface area contributed by atoms with Gasteiger partial charge >= 0.3 is 18.9 Å². The van der Waals surface area contributed by atoms with Gasteiger partial charge in [0.2, 0.25) is 0 Å². The third-order valence-corrected chi connectivity index (χ3v) is 9.95. The third kappa shape index (κ3) is 2.36. The van der Waals surface area contributed by atoms with Gasteiger partial charge in [0.15, 0.2) is 0 Å². The zero-order chi connectivity index (χ0) is 12.4. The standard InChI is InChI=1S/C17H20Si.Li.H/c1-2-18(15-9-3-4-10-15,16-11-5-6-12-16)17-13-7-8-14-17;;/h3-9,11,13H,2,10,12,14H2,1H3;;/q;+1;-1. The van der Waals surface area contributed by atoms with Crippen molar-refractivity contribution in [3.05, 3.63) is 70.3 Å².